The maximum atomic E-state index is 12.2. The molecule has 0 spiro atoms. The summed E-state index contributed by atoms with van der Waals surface area (Å²) in [6, 6.07) is 13.5. The van der Waals surface area contributed by atoms with Gasteiger partial charge in [0.15, 0.2) is 0 Å². The van der Waals surface area contributed by atoms with E-state index in [0.29, 0.717) is 0 Å². The number of hydrogen-bond donors (Lipinski definition) is 3. The number of nitrogens with one attached hydrogen (secondary N) is 1. The molecule has 0 bridgehead atoms. The van der Waals surface area contributed by atoms with Gasteiger partial charge in [0, 0.05) is 0 Å². The van der Waals surface area contributed by atoms with Crippen molar-refractivity contribution >= 4 is 5.91 Å². The Balaban J connectivity index is 2.20. The second-order valence-corrected chi connectivity index (χ2v) is 4.64. The Hall–Kier alpha value is -2.33. The van der Waals surface area contributed by atoms with E-state index in [-0.39, 0.29) is 17.9 Å². The van der Waals surface area contributed by atoms with Crippen LogP contribution in [0.2, 0.25) is 0 Å². The molecule has 2 aromatic rings. The summed E-state index contributed by atoms with van der Waals surface area (Å²) in [5.41, 5.74) is 1.91. The minimum atomic E-state index is -0.497. The summed E-state index contributed by atoms with van der Waals surface area (Å²) in [7, 11) is 0. The third kappa shape index (κ3) is 3.16. The van der Waals surface area contributed by atoms with Gasteiger partial charge in [-0.1, -0.05) is 42.0 Å². The molecule has 20 heavy (non-hydrogen) atoms. The fourth-order valence-electron chi connectivity index (χ4n) is 1.99. The lowest BCUT2D eigenvalue weighted by atomic mass is 10.1. The molecule has 104 valence electrons. The van der Waals surface area contributed by atoms with Gasteiger partial charge in [0.05, 0.1) is 18.2 Å². The number of hydrogen-bond acceptors (Lipinski definition) is 3. The average Bonchev–Trinajstić information content (AvgIpc) is 2.48. The molecule has 0 aromatic heterocycles. The molecule has 3 N–H and O–H groups in total. The van der Waals surface area contributed by atoms with Crippen molar-refractivity contribution in [3.63, 3.8) is 0 Å². The number of carbonyl (C=O) groups is 1. The summed E-state index contributed by atoms with van der Waals surface area (Å²) >= 11 is 0. The Morgan fingerprint density at radius 1 is 1.20 bits per heavy atom. The van der Waals surface area contributed by atoms with Crippen LogP contribution in [0.3, 0.4) is 0 Å². The van der Waals surface area contributed by atoms with E-state index >= 15 is 0 Å². The fraction of sp³-hybridized carbons (Fsp3) is 0.188. The zero-order valence-corrected chi connectivity index (χ0v) is 11.2. The molecular weight excluding hydrogens is 254 g/mol. The Kier molecular flexibility index (Phi) is 4.38. The van der Waals surface area contributed by atoms with Crippen LogP contribution < -0.4 is 5.32 Å². The molecule has 4 heteroatoms. The van der Waals surface area contributed by atoms with Gasteiger partial charge < -0.3 is 15.5 Å². The number of amides is 1. The Bertz CT molecular complexity index is 596. The molecular formula is C16H17NO3. The highest BCUT2D eigenvalue weighted by Gasteiger charge is 2.17. The van der Waals surface area contributed by atoms with E-state index in [0.717, 1.165) is 11.1 Å². The molecule has 0 aliphatic carbocycles. The average molecular weight is 271 g/mol. The number of aromatic hydroxyl groups is 1. The molecule has 4 nitrogen and oxygen atoms in total. The van der Waals surface area contributed by atoms with Crippen LogP contribution in [0.15, 0.2) is 48.5 Å². The van der Waals surface area contributed by atoms with Gasteiger partial charge in [-0.05, 0) is 24.6 Å². The summed E-state index contributed by atoms with van der Waals surface area (Å²) in [6.07, 6.45) is 0. The van der Waals surface area contributed by atoms with Crippen molar-refractivity contribution in [3.05, 3.63) is 65.2 Å². The lowest BCUT2D eigenvalue weighted by Crippen LogP contribution is -2.30. The Morgan fingerprint density at radius 3 is 2.55 bits per heavy atom. The van der Waals surface area contributed by atoms with E-state index in [4.69, 9.17) is 0 Å². The number of phenols is 1. The summed E-state index contributed by atoms with van der Waals surface area (Å²) in [5.74, 6) is -0.480. The van der Waals surface area contributed by atoms with Crippen molar-refractivity contribution in [1.82, 2.24) is 5.32 Å². The van der Waals surface area contributed by atoms with E-state index < -0.39 is 11.9 Å². The highest BCUT2D eigenvalue weighted by Crippen LogP contribution is 2.20. The monoisotopic (exact) mass is 271 g/mol. The highest BCUT2D eigenvalue weighted by molar-refractivity contribution is 5.97. The molecule has 0 saturated carbocycles. The van der Waals surface area contributed by atoms with E-state index in [1.807, 2.05) is 37.3 Å². The lowest BCUT2D eigenvalue weighted by Gasteiger charge is -2.17. The number of rotatable bonds is 4. The molecule has 1 atom stereocenters. The quantitative estimate of drug-likeness (QED) is 0.798. The number of phenolic OH excluding ortho intramolecular Hbond substituents is 1. The van der Waals surface area contributed by atoms with Gasteiger partial charge in [-0.2, -0.15) is 0 Å². The summed E-state index contributed by atoms with van der Waals surface area (Å²) < 4.78 is 0. The number of benzene rings is 2. The van der Waals surface area contributed by atoms with Crippen LogP contribution in [0.25, 0.3) is 0 Å². The van der Waals surface area contributed by atoms with Crippen molar-refractivity contribution in [3.8, 4) is 5.75 Å². The van der Waals surface area contributed by atoms with Crippen LogP contribution in [-0.2, 0) is 0 Å². The van der Waals surface area contributed by atoms with Crippen molar-refractivity contribution < 1.29 is 15.0 Å². The number of carbonyl (C=O) groups excluding carboxylic acids is 1. The first-order valence-electron chi connectivity index (χ1n) is 6.38. The van der Waals surface area contributed by atoms with Gasteiger partial charge in [-0.25, -0.2) is 0 Å². The number of aliphatic hydroxyl groups excluding tert-OH is 1. The third-order valence-electron chi connectivity index (χ3n) is 3.09. The zero-order valence-electron chi connectivity index (χ0n) is 11.2. The smallest absolute Gasteiger partial charge is 0.255 e. The minimum absolute atomic E-state index is 0.0714. The van der Waals surface area contributed by atoms with Gasteiger partial charge in [0.2, 0.25) is 0 Å². The molecule has 0 saturated heterocycles. The minimum Gasteiger partial charge on any atom is -0.507 e. The number of aliphatic hydroxyl groups is 1. The second-order valence-electron chi connectivity index (χ2n) is 4.64. The first-order chi connectivity index (χ1) is 9.61. The van der Waals surface area contributed by atoms with Crippen molar-refractivity contribution in [1.29, 1.82) is 0 Å². The molecule has 0 unspecified atom stereocenters. The lowest BCUT2D eigenvalue weighted by molar-refractivity contribution is 0.0913. The van der Waals surface area contributed by atoms with E-state index in [1.54, 1.807) is 12.1 Å². The Morgan fingerprint density at radius 2 is 1.90 bits per heavy atom. The molecule has 0 heterocycles. The molecule has 0 fully saturated rings. The van der Waals surface area contributed by atoms with Crippen molar-refractivity contribution in [2.24, 2.45) is 0 Å². The topological polar surface area (TPSA) is 69.6 Å². The summed E-state index contributed by atoms with van der Waals surface area (Å²) in [4.78, 5) is 12.2. The Labute approximate surface area is 117 Å². The highest BCUT2D eigenvalue weighted by atomic mass is 16.3. The van der Waals surface area contributed by atoms with Gasteiger partial charge in [-0.3, -0.25) is 4.79 Å². The maximum Gasteiger partial charge on any atom is 0.255 e. The normalized spacial score (nSPS) is 11.9. The second kappa shape index (κ2) is 6.21. The van der Waals surface area contributed by atoms with Gasteiger partial charge in [0.25, 0.3) is 5.91 Å². The number of aryl methyl sites for hydroxylation is 1. The third-order valence-corrected chi connectivity index (χ3v) is 3.09. The van der Waals surface area contributed by atoms with Gasteiger partial charge >= 0.3 is 0 Å². The molecule has 0 radical (unpaired) electrons. The van der Waals surface area contributed by atoms with E-state index in [2.05, 4.69) is 5.32 Å². The first kappa shape index (κ1) is 14.1. The zero-order chi connectivity index (χ0) is 14.5. The van der Waals surface area contributed by atoms with Crippen LogP contribution in [0, 0.1) is 6.92 Å². The standard InChI is InChI=1S/C16H17NO3/c1-11-7-8-15(19)13(9-11)16(20)17-14(10-18)12-5-3-2-4-6-12/h2-9,14,18-19H,10H2,1H3,(H,17,20)/t14-/m0/s1. The SMILES string of the molecule is Cc1ccc(O)c(C(=O)N[C@@H](CO)c2ccccc2)c1. The van der Waals surface area contributed by atoms with Crippen LogP contribution in [0.4, 0.5) is 0 Å². The predicted octanol–water partition coefficient (Wildman–Crippen LogP) is 2.16. The van der Waals surface area contributed by atoms with E-state index in [9.17, 15) is 15.0 Å². The van der Waals surface area contributed by atoms with Crippen LogP contribution in [-0.4, -0.2) is 22.7 Å². The summed E-state index contributed by atoms with van der Waals surface area (Å²) in [5, 5.41) is 21.9. The molecule has 2 aromatic carbocycles. The molecule has 2 rings (SSSR count). The van der Waals surface area contributed by atoms with Crippen LogP contribution in [0.5, 0.6) is 5.75 Å². The first-order valence-corrected chi connectivity index (χ1v) is 6.38. The molecule has 1 amide bonds. The van der Waals surface area contributed by atoms with Crippen LogP contribution in [0.1, 0.15) is 27.5 Å². The van der Waals surface area contributed by atoms with Crippen molar-refractivity contribution in [2.75, 3.05) is 6.61 Å². The van der Waals surface area contributed by atoms with Gasteiger partial charge in [-0.15, -0.1) is 0 Å². The predicted molar refractivity (Wildman–Crippen MR) is 76.6 cm³/mol. The van der Waals surface area contributed by atoms with E-state index in [1.165, 1.54) is 6.07 Å². The summed E-state index contributed by atoms with van der Waals surface area (Å²) in [6.45, 7) is 1.64. The molecule has 0 aliphatic rings. The van der Waals surface area contributed by atoms with Crippen molar-refractivity contribution in [2.45, 2.75) is 13.0 Å². The largest absolute Gasteiger partial charge is 0.507 e. The molecule has 0 aliphatic heterocycles. The van der Waals surface area contributed by atoms with Crippen LogP contribution >= 0.6 is 0 Å². The van der Waals surface area contributed by atoms with Gasteiger partial charge in [0.1, 0.15) is 5.75 Å². The maximum absolute atomic E-state index is 12.2. The fourth-order valence-corrected chi connectivity index (χ4v) is 1.99.